The maximum absolute atomic E-state index is 11.9. The molecule has 1 N–H and O–H groups in total. The molecule has 29 heavy (non-hydrogen) atoms. The molecule has 2 heterocycles. The van der Waals surface area contributed by atoms with Crippen LogP contribution in [0.25, 0.3) is 10.9 Å². The van der Waals surface area contributed by atoms with Crippen LogP contribution in [0, 0.1) is 0 Å². The van der Waals surface area contributed by atoms with Crippen LogP contribution >= 0.6 is 23.4 Å². The second-order valence-electron chi connectivity index (χ2n) is 6.36. The number of thioether (sulfide) groups is 1. The maximum atomic E-state index is 11.9. The van der Waals surface area contributed by atoms with Crippen LogP contribution in [0.1, 0.15) is 12.5 Å². The zero-order valence-corrected chi connectivity index (χ0v) is 17.0. The number of amides is 2. The number of pyridine rings is 1. The summed E-state index contributed by atoms with van der Waals surface area (Å²) < 4.78 is 11.8. The fourth-order valence-electron chi connectivity index (χ4n) is 3.10. The van der Waals surface area contributed by atoms with Crippen molar-refractivity contribution in [3.05, 3.63) is 59.2 Å². The summed E-state index contributed by atoms with van der Waals surface area (Å²) in [6.07, 6.45) is 2.06. The maximum Gasteiger partial charge on any atom is 0.286 e. The van der Waals surface area contributed by atoms with Crippen molar-refractivity contribution >= 4 is 45.4 Å². The topological polar surface area (TPSA) is 77.5 Å². The van der Waals surface area contributed by atoms with Crippen LogP contribution in [0.4, 0.5) is 4.79 Å². The predicted octanol–water partition coefficient (Wildman–Crippen LogP) is 4.97. The summed E-state index contributed by atoms with van der Waals surface area (Å²) in [5.41, 5.74) is 1.58. The highest BCUT2D eigenvalue weighted by Gasteiger charge is 2.32. The molecule has 0 saturated carbocycles. The van der Waals surface area contributed by atoms with Gasteiger partial charge in [-0.25, -0.2) is 0 Å². The number of rotatable bonds is 6. The van der Waals surface area contributed by atoms with Crippen molar-refractivity contribution in [1.82, 2.24) is 10.3 Å². The molecule has 148 valence electrons. The molecule has 3 aromatic rings. The highest BCUT2D eigenvalue weighted by atomic mass is 35.5. The molecule has 1 aliphatic heterocycles. The molecule has 1 saturated heterocycles. The molecule has 1 atom stereocenters. The second kappa shape index (κ2) is 8.31. The zero-order chi connectivity index (χ0) is 20.4. The van der Waals surface area contributed by atoms with Crippen molar-refractivity contribution in [1.29, 1.82) is 0 Å². The number of hydrogen-bond acceptors (Lipinski definition) is 6. The first-order chi connectivity index (χ1) is 14.0. The van der Waals surface area contributed by atoms with Gasteiger partial charge in [0.15, 0.2) is 0 Å². The lowest BCUT2D eigenvalue weighted by Crippen LogP contribution is -2.25. The Morgan fingerprint density at radius 2 is 2.00 bits per heavy atom. The van der Waals surface area contributed by atoms with Gasteiger partial charge in [-0.2, -0.15) is 0 Å². The lowest BCUT2D eigenvalue weighted by atomic mass is 10.1. The van der Waals surface area contributed by atoms with Crippen LogP contribution in [0.15, 0.2) is 48.7 Å². The summed E-state index contributed by atoms with van der Waals surface area (Å²) in [4.78, 5) is 27.6. The fourth-order valence-corrected chi connectivity index (χ4v) is 4.11. The average Bonchev–Trinajstić information content (AvgIpc) is 3.01. The van der Waals surface area contributed by atoms with E-state index in [1.54, 1.807) is 30.5 Å². The summed E-state index contributed by atoms with van der Waals surface area (Å²) in [6, 6.07) is 12.7. The van der Waals surface area contributed by atoms with Gasteiger partial charge >= 0.3 is 0 Å². The van der Waals surface area contributed by atoms with E-state index in [0.29, 0.717) is 35.3 Å². The Labute approximate surface area is 176 Å². The van der Waals surface area contributed by atoms with Crippen molar-refractivity contribution < 1.29 is 19.1 Å². The highest BCUT2D eigenvalue weighted by Crippen LogP contribution is 2.34. The Morgan fingerprint density at radius 3 is 2.76 bits per heavy atom. The monoisotopic (exact) mass is 428 g/mol. The molecule has 1 fully saturated rings. The molecule has 1 aliphatic rings. The van der Waals surface area contributed by atoms with E-state index >= 15 is 0 Å². The lowest BCUT2D eigenvalue weighted by molar-refractivity contribution is -0.118. The minimum absolute atomic E-state index is 0.273. The molecule has 0 bridgehead atoms. The van der Waals surface area contributed by atoms with Gasteiger partial charge in [-0.3, -0.25) is 19.9 Å². The Kier molecular flexibility index (Phi) is 5.60. The van der Waals surface area contributed by atoms with Crippen LogP contribution in [0.5, 0.6) is 17.2 Å². The van der Waals surface area contributed by atoms with Crippen molar-refractivity contribution in [2.45, 2.75) is 18.6 Å². The third-order valence-electron chi connectivity index (χ3n) is 4.40. The van der Waals surface area contributed by atoms with Crippen molar-refractivity contribution in [2.24, 2.45) is 0 Å². The highest BCUT2D eigenvalue weighted by molar-refractivity contribution is 8.15. The summed E-state index contributed by atoms with van der Waals surface area (Å²) in [5, 5.41) is 2.99. The van der Waals surface area contributed by atoms with Gasteiger partial charge in [-0.15, -0.1) is 0 Å². The number of carbonyl (C=O) groups is 2. The number of aromatic nitrogens is 1. The van der Waals surface area contributed by atoms with Gasteiger partial charge in [-0.05, 0) is 49.2 Å². The molecule has 1 aromatic heterocycles. The molecule has 6 nitrogen and oxygen atoms in total. The SMILES string of the molecule is CCOc1cc(Oc2ccnc3cc(Cl)ccc23)ccc1CC1SC(=O)NC1=O. The van der Waals surface area contributed by atoms with Gasteiger partial charge in [0.05, 0.1) is 17.4 Å². The quantitative estimate of drug-likeness (QED) is 0.597. The summed E-state index contributed by atoms with van der Waals surface area (Å²) in [5.74, 6) is 1.60. The van der Waals surface area contributed by atoms with E-state index < -0.39 is 5.25 Å². The summed E-state index contributed by atoms with van der Waals surface area (Å²) >= 11 is 7.05. The van der Waals surface area contributed by atoms with E-state index in [1.807, 2.05) is 25.1 Å². The Hall–Kier alpha value is -2.77. The molecular weight excluding hydrogens is 412 g/mol. The molecular formula is C21H17ClN2O4S. The average molecular weight is 429 g/mol. The van der Waals surface area contributed by atoms with Crippen LogP contribution in [-0.2, 0) is 11.2 Å². The molecule has 8 heteroatoms. The Morgan fingerprint density at radius 1 is 1.14 bits per heavy atom. The smallest absolute Gasteiger partial charge is 0.286 e. The van der Waals surface area contributed by atoms with Gasteiger partial charge in [-0.1, -0.05) is 29.4 Å². The Balaban J connectivity index is 1.61. The van der Waals surface area contributed by atoms with Crippen LogP contribution < -0.4 is 14.8 Å². The lowest BCUT2D eigenvalue weighted by Gasteiger charge is -2.15. The standard InChI is InChI=1S/C21H17ClN2O4S/c1-2-27-18-11-14(5-3-12(18)9-19-20(25)24-21(26)29-19)28-17-7-8-23-16-10-13(22)4-6-15(16)17/h3-8,10-11,19H,2,9H2,1H3,(H,24,25,26). The molecule has 2 amide bonds. The molecule has 0 aliphatic carbocycles. The van der Waals surface area contributed by atoms with Gasteiger partial charge in [0.25, 0.3) is 5.24 Å². The van der Waals surface area contributed by atoms with E-state index in [9.17, 15) is 9.59 Å². The van der Waals surface area contributed by atoms with Crippen molar-refractivity contribution in [3.63, 3.8) is 0 Å². The van der Waals surface area contributed by atoms with Gasteiger partial charge in [0.1, 0.15) is 17.2 Å². The zero-order valence-electron chi connectivity index (χ0n) is 15.5. The van der Waals surface area contributed by atoms with Gasteiger partial charge < -0.3 is 9.47 Å². The largest absolute Gasteiger partial charge is 0.493 e. The molecule has 2 aromatic carbocycles. The molecule has 4 rings (SSSR count). The third kappa shape index (κ3) is 4.31. The predicted molar refractivity (Wildman–Crippen MR) is 113 cm³/mol. The minimum atomic E-state index is -0.456. The summed E-state index contributed by atoms with van der Waals surface area (Å²) in [6.45, 7) is 2.36. The first-order valence-electron chi connectivity index (χ1n) is 9.03. The van der Waals surface area contributed by atoms with E-state index in [4.69, 9.17) is 21.1 Å². The number of nitrogens with zero attached hydrogens (tertiary/aromatic N) is 1. The summed E-state index contributed by atoms with van der Waals surface area (Å²) in [7, 11) is 0. The number of halogens is 1. The van der Waals surface area contributed by atoms with Crippen LogP contribution in [0.3, 0.4) is 0 Å². The van der Waals surface area contributed by atoms with E-state index in [-0.39, 0.29) is 11.1 Å². The van der Waals surface area contributed by atoms with Gasteiger partial charge in [0, 0.05) is 22.7 Å². The first-order valence-corrected chi connectivity index (χ1v) is 10.3. The number of fused-ring (bicyclic) bond motifs is 1. The van der Waals surface area contributed by atoms with E-state index in [0.717, 1.165) is 28.2 Å². The molecule has 1 unspecified atom stereocenters. The number of nitrogens with one attached hydrogen (secondary N) is 1. The number of hydrogen-bond donors (Lipinski definition) is 1. The number of benzene rings is 2. The fraction of sp³-hybridized carbons (Fsp3) is 0.190. The van der Waals surface area contributed by atoms with Gasteiger partial charge in [0.2, 0.25) is 5.91 Å². The number of ether oxygens (including phenoxy) is 2. The number of carbonyl (C=O) groups excluding carboxylic acids is 2. The van der Waals surface area contributed by atoms with Crippen LogP contribution in [-0.4, -0.2) is 28.0 Å². The van der Waals surface area contributed by atoms with Crippen molar-refractivity contribution in [2.75, 3.05) is 6.61 Å². The van der Waals surface area contributed by atoms with E-state index in [2.05, 4.69) is 10.3 Å². The molecule has 0 spiro atoms. The molecule has 0 radical (unpaired) electrons. The first kappa shape index (κ1) is 19.5. The third-order valence-corrected chi connectivity index (χ3v) is 5.62. The Bertz CT molecular complexity index is 1110. The second-order valence-corrected chi connectivity index (χ2v) is 7.97. The normalized spacial score (nSPS) is 16.1. The van der Waals surface area contributed by atoms with Crippen molar-refractivity contribution in [3.8, 4) is 17.2 Å². The number of imide groups is 1. The minimum Gasteiger partial charge on any atom is -0.493 e. The van der Waals surface area contributed by atoms with E-state index in [1.165, 1.54) is 0 Å². The van der Waals surface area contributed by atoms with Crippen LogP contribution in [0.2, 0.25) is 5.02 Å².